The molecule has 1 fully saturated rings. The standard InChI is InChI=1S/C14H12F17NO2/c15-7(13(26,27)28)10(18,19)4-33-3-9(17,14(29,30)31)8(16)32-1-5(11(20,21)22)34-6(2-32)12(23,24)25/h5-8H,1-4H2. The molecule has 1 aliphatic heterocycles. The summed E-state index contributed by atoms with van der Waals surface area (Å²) >= 11 is 0. The molecular formula is C14H12F17NO2. The van der Waals surface area contributed by atoms with E-state index in [1.165, 1.54) is 0 Å². The Balaban J connectivity index is 3.16. The summed E-state index contributed by atoms with van der Waals surface area (Å²) in [6.45, 7) is -10.1. The van der Waals surface area contributed by atoms with E-state index in [0.29, 0.717) is 0 Å². The Kier molecular flexibility index (Phi) is 8.70. The summed E-state index contributed by atoms with van der Waals surface area (Å²) in [7, 11) is 0. The van der Waals surface area contributed by atoms with Gasteiger partial charge in [0.25, 0.3) is 11.8 Å². The zero-order valence-corrected chi connectivity index (χ0v) is 15.8. The largest absolute Gasteiger partial charge is 0.429 e. The molecular weight excluding hydrogens is 537 g/mol. The molecule has 1 aliphatic rings. The van der Waals surface area contributed by atoms with Crippen LogP contribution in [0.1, 0.15) is 0 Å². The van der Waals surface area contributed by atoms with E-state index in [1.807, 2.05) is 0 Å². The molecule has 0 N–H and O–H groups in total. The molecule has 5 atom stereocenters. The van der Waals surface area contributed by atoms with Gasteiger partial charge in [-0.2, -0.15) is 52.7 Å². The van der Waals surface area contributed by atoms with Crippen LogP contribution < -0.4 is 0 Å². The molecule has 1 heterocycles. The van der Waals surface area contributed by atoms with Gasteiger partial charge in [0.15, 0.2) is 18.5 Å². The second-order valence-electron chi connectivity index (χ2n) is 7.00. The normalized spacial score (nSPS) is 25.7. The smallest absolute Gasteiger partial charge is 0.371 e. The number of rotatable bonds is 7. The van der Waals surface area contributed by atoms with Gasteiger partial charge in [0.1, 0.15) is 6.61 Å². The van der Waals surface area contributed by atoms with Crippen LogP contribution in [0.25, 0.3) is 0 Å². The Morgan fingerprint density at radius 1 is 0.706 bits per heavy atom. The lowest BCUT2D eigenvalue weighted by molar-refractivity contribution is -0.330. The highest BCUT2D eigenvalue weighted by Crippen LogP contribution is 2.43. The highest BCUT2D eigenvalue weighted by molar-refractivity contribution is 4.98. The molecule has 20 heteroatoms. The number of halogens is 17. The van der Waals surface area contributed by atoms with Crippen LogP contribution in [-0.2, 0) is 9.47 Å². The maximum Gasteiger partial charge on any atom is 0.429 e. The maximum absolute atomic E-state index is 14.5. The fraction of sp³-hybridized carbons (Fsp3) is 1.00. The first-order valence-electron chi connectivity index (χ1n) is 8.43. The molecule has 1 rings (SSSR count). The number of hydrogen-bond donors (Lipinski definition) is 0. The summed E-state index contributed by atoms with van der Waals surface area (Å²) in [5.74, 6) is -5.61. The Labute approximate surface area is 177 Å². The predicted octanol–water partition coefficient (Wildman–Crippen LogP) is 5.30. The third-order valence-corrected chi connectivity index (χ3v) is 4.29. The van der Waals surface area contributed by atoms with Gasteiger partial charge in [0.2, 0.25) is 0 Å². The monoisotopic (exact) mass is 549 g/mol. The second-order valence-corrected chi connectivity index (χ2v) is 7.00. The van der Waals surface area contributed by atoms with E-state index >= 15 is 0 Å². The lowest BCUT2D eigenvalue weighted by atomic mass is 10.0. The summed E-state index contributed by atoms with van der Waals surface area (Å²) in [6, 6.07) is 0. The van der Waals surface area contributed by atoms with E-state index in [2.05, 4.69) is 9.47 Å². The second kappa shape index (κ2) is 9.62. The first kappa shape index (κ1) is 30.7. The molecule has 0 spiro atoms. The van der Waals surface area contributed by atoms with Gasteiger partial charge in [-0.1, -0.05) is 0 Å². The summed E-state index contributed by atoms with van der Waals surface area (Å²) in [5, 5.41) is 0. The predicted molar refractivity (Wildman–Crippen MR) is 73.9 cm³/mol. The Bertz CT molecular complexity index is 649. The third-order valence-electron chi connectivity index (χ3n) is 4.29. The van der Waals surface area contributed by atoms with E-state index in [4.69, 9.17) is 0 Å². The molecule has 0 aromatic carbocycles. The first-order valence-corrected chi connectivity index (χ1v) is 8.43. The Morgan fingerprint density at radius 2 is 1.12 bits per heavy atom. The Hall–Kier alpha value is -1.31. The highest BCUT2D eigenvalue weighted by atomic mass is 19.4. The minimum atomic E-state index is -6.55. The summed E-state index contributed by atoms with van der Waals surface area (Å²) in [5.41, 5.74) is -5.63. The molecule has 0 saturated carbocycles. The van der Waals surface area contributed by atoms with Crippen molar-refractivity contribution in [2.75, 3.05) is 26.3 Å². The fourth-order valence-corrected chi connectivity index (χ4v) is 2.55. The summed E-state index contributed by atoms with van der Waals surface area (Å²) in [4.78, 5) is -0.928. The topological polar surface area (TPSA) is 21.7 Å². The van der Waals surface area contributed by atoms with Crippen LogP contribution in [0, 0.1) is 0 Å². The fourth-order valence-electron chi connectivity index (χ4n) is 2.55. The molecule has 0 radical (unpaired) electrons. The third kappa shape index (κ3) is 7.11. The van der Waals surface area contributed by atoms with Gasteiger partial charge >= 0.3 is 30.6 Å². The van der Waals surface area contributed by atoms with Crippen molar-refractivity contribution >= 4 is 0 Å². The zero-order chi connectivity index (χ0) is 27.1. The average molecular weight is 549 g/mol. The number of ether oxygens (including phenoxy) is 2. The van der Waals surface area contributed by atoms with Crippen molar-refractivity contribution in [1.29, 1.82) is 0 Å². The van der Waals surface area contributed by atoms with Gasteiger partial charge in [-0.15, -0.1) is 0 Å². The lowest BCUT2D eigenvalue weighted by Gasteiger charge is -2.43. The van der Waals surface area contributed by atoms with Gasteiger partial charge in [0.05, 0.1) is 6.61 Å². The minimum Gasteiger partial charge on any atom is -0.371 e. The minimum absolute atomic E-state index is 0.928. The zero-order valence-electron chi connectivity index (χ0n) is 15.8. The molecule has 1 saturated heterocycles. The van der Waals surface area contributed by atoms with Crippen LogP contribution in [0.2, 0.25) is 0 Å². The average Bonchev–Trinajstić information content (AvgIpc) is 2.63. The molecule has 0 aromatic rings. The van der Waals surface area contributed by atoms with Gasteiger partial charge in [-0.25, -0.2) is 22.0 Å². The molecule has 34 heavy (non-hydrogen) atoms. The van der Waals surface area contributed by atoms with Crippen molar-refractivity contribution < 1.29 is 84.1 Å². The molecule has 204 valence electrons. The molecule has 3 nitrogen and oxygen atoms in total. The summed E-state index contributed by atoms with van der Waals surface area (Å²) in [6.07, 6.45) is -40.8. The number of hydrogen-bond acceptors (Lipinski definition) is 3. The van der Waals surface area contributed by atoms with Crippen LogP contribution >= 0.6 is 0 Å². The van der Waals surface area contributed by atoms with Crippen molar-refractivity contribution in [3.63, 3.8) is 0 Å². The van der Waals surface area contributed by atoms with Crippen LogP contribution in [0.15, 0.2) is 0 Å². The van der Waals surface area contributed by atoms with E-state index in [1.54, 1.807) is 0 Å². The van der Waals surface area contributed by atoms with Crippen molar-refractivity contribution in [3.05, 3.63) is 0 Å². The number of nitrogens with zero attached hydrogens (tertiary/aromatic N) is 1. The van der Waals surface area contributed by atoms with Crippen LogP contribution in [0.4, 0.5) is 74.6 Å². The maximum atomic E-state index is 14.5. The first-order chi connectivity index (χ1) is 14.8. The molecule has 0 bridgehead atoms. The Morgan fingerprint density at radius 3 is 1.44 bits per heavy atom. The molecule has 0 aliphatic carbocycles. The van der Waals surface area contributed by atoms with E-state index in [0.717, 1.165) is 0 Å². The lowest BCUT2D eigenvalue weighted by Crippen LogP contribution is -2.65. The molecule has 0 aromatic heterocycles. The van der Waals surface area contributed by atoms with Crippen LogP contribution in [0.5, 0.6) is 0 Å². The molecule has 0 amide bonds. The van der Waals surface area contributed by atoms with E-state index in [-0.39, 0.29) is 0 Å². The van der Waals surface area contributed by atoms with Gasteiger partial charge in [-0.05, 0) is 0 Å². The molecule has 5 unspecified atom stereocenters. The summed E-state index contributed by atoms with van der Waals surface area (Å²) < 4.78 is 227. The van der Waals surface area contributed by atoms with Crippen molar-refractivity contribution in [1.82, 2.24) is 4.90 Å². The number of morpholine rings is 1. The van der Waals surface area contributed by atoms with E-state index < -0.39 is 92.2 Å². The van der Waals surface area contributed by atoms with Crippen LogP contribution in [0.3, 0.4) is 0 Å². The van der Waals surface area contributed by atoms with Gasteiger partial charge in [0, 0.05) is 13.1 Å². The van der Waals surface area contributed by atoms with Crippen molar-refractivity contribution in [3.8, 4) is 0 Å². The highest BCUT2D eigenvalue weighted by Gasteiger charge is 2.66. The number of alkyl halides is 17. The van der Waals surface area contributed by atoms with Gasteiger partial charge in [-0.3, -0.25) is 4.90 Å². The van der Waals surface area contributed by atoms with Crippen molar-refractivity contribution in [2.45, 2.75) is 61.0 Å². The quantitative estimate of drug-likeness (QED) is 0.318. The van der Waals surface area contributed by atoms with Crippen LogP contribution in [-0.4, -0.2) is 92.2 Å². The van der Waals surface area contributed by atoms with Crippen molar-refractivity contribution in [2.24, 2.45) is 0 Å². The SMILES string of the molecule is FC(C(F)(F)F)C(F)(F)COCC(F)(C(F)N1CC(C(F)(F)F)OC(C(F)(F)F)C1)C(F)(F)F. The van der Waals surface area contributed by atoms with E-state index in [9.17, 15) is 74.6 Å². The van der Waals surface area contributed by atoms with Gasteiger partial charge < -0.3 is 9.47 Å².